The molecule has 0 saturated carbocycles. The fourth-order valence-electron chi connectivity index (χ4n) is 4.45. The number of hydrogen-bond donors (Lipinski definition) is 0. The maximum atomic E-state index is 13.3. The van der Waals surface area contributed by atoms with Gasteiger partial charge in [-0.25, -0.2) is 9.78 Å². The number of para-hydroxylation sites is 2. The Labute approximate surface area is 177 Å². The molecule has 0 bridgehead atoms. The predicted molar refractivity (Wildman–Crippen MR) is 125 cm³/mol. The van der Waals surface area contributed by atoms with E-state index in [0.717, 1.165) is 38.2 Å². The number of fused-ring (bicyclic) bond motifs is 6. The van der Waals surface area contributed by atoms with Crippen LogP contribution < -0.4 is 10.4 Å². The Bertz CT molecular complexity index is 1700. The lowest BCUT2D eigenvalue weighted by atomic mass is 9.92. The molecule has 2 aromatic heterocycles. The number of ether oxygens (including phenoxy) is 1. The van der Waals surface area contributed by atoms with Crippen LogP contribution in [-0.2, 0) is 0 Å². The van der Waals surface area contributed by atoms with E-state index in [1.54, 1.807) is 13.2 Å². The summed E-state index contributed by atoms with van der Waals surface area (Å²) < 4.78 is 11.4. The van der Waals surface area contributed by atoms with Gasteiger partial charge in [-0.15, -0.1) is 0 Å². The van der Waals surface area contributed by atoms with Gasteiger partial charge in [0.15, 0.2) is 0 Å². The second kappa shape index (κ2) is 6.67. The third-order valence-electron chi connectivity index (χ3n) is 5.80. The number of nitrogens with zero attached hydrogens (tertiary/aromatic N) is 1. The molecule has 148 valence electrons. The van der Waals surface area contributed by atoms with Gasteiger partial charge in [0.2, 0.25) is 0 Å². The zero-order valence-corrected chi connectivity index (χ0v) is 16.8. The molecular formula is C27H17NO3. The number of benzene rings is 4. The second-order valence-electron chi connectivity index (χ2n) is 7.48. The van der Waals surface area contributed by atoms with E-state index in [1.807, 2.05) is 60.7 Å². The molecule has 0 N–H and O–H groups in total. The van der Waals surface area contributed by atoms with Crippen LogP contribution in [0.1, 0.15) is 0 Å². The van der Waals surface area contributed by atoms with Crippen molar-refractivity contribution in [3.05, 3.63) is 95.3 Å². The van der Waals surface area contributed by atoms with Crippen LogP contribution in [0.25, 0.3) is 54.7 Å². The van der Waals surface area contributed by atoms with Crippen molar-refractivity contribution in [3.8, 4) is 16.9 Å². The summed E-state index contributed by atoms with van der Waals surface area (Å²) in [5.41, 5.74) is 3.20. The van der Waals surface area contributed by atoms with Crippen molar-refractivity contribution in [2.45, 2.75) is 0 Å². The van der Waals surface area contributed by atoms with Gasteiger partial charge in [0.05, 0.1) is 23.5 Å². The first-order valence-electron chi connectivity index (χ1n) is 10.1. The molecule has 0 fully saturated rings. The number of methoxy groups -OCH3 is 1. The van der Waals surface area contributed by atoms with Crippen LogP contribution in [0, 0.1) is 0 Å². The summed E-state index contributed by atoms with van der Waals surface area (Å²) >= 11 is 0. The normalized spacial score (nSPS) is 11.5. The Kier molecular flexibility index (Phi) is 3.80. The summed E-state index contributed by atoms with van der Waals surface area (Å²) in [6, 6.07) is 27.5. The Morgan fingerprint density at radius 3 is 2.39 bits per heavy atom. The van der Waals surface area contributed by atoms with E-state index in [2.05, 4.69) is 18.2 Å². The topological polar surface area (TPSA) is 52.3 Å². The minimum Gasteiger partial charge on any atom is -0.496 e. The minimum atomic E-state index is -0.406. The largest absolute Gasteiger partial charge is 0.496 e. The van der Waals surface area contributed by atoms with Crippen LogP contribution in [0.3, 0.4) is 0 Å². The third kappa shape index (κ3) is 2.55. The Hall–Kier alpha value is -4.18. The summed E-state index contributed by atoms with van der Waals surface area (Å²) in [6.45, 7) is 0. The average molecular weight is 403 g/mol. The lowest BCUT2D eigenvalue weighted by Crippen LogP contribution is -2.05. The van der Waals surface area contributed by atoms with Gasteiger partial charge in [-0.3, -0.25) is 0 Å². The minimum absolute atomic E-state index is 0.406. The first kappa shape index (κ1) is 17.7. The monoisotopic (exact) mass is 403 g/mol. The maximum absolute atomic E-state index is 13.3. The van der Waals surface area contributed by atoms with Crippen molar-refractivity contribution in [2.24, 2.45) is 0 Å². The van der Waals surface area contributed by atoms with E-state index in [4.69, 9.17) is 14.1 Å². The number of aromatic nitrogens is 1. The highest BCUT2D eigenvalue weighted by Gasteiger charge is 2.21. The number of rotatable bonds is 2. The lowest BCUT2D eigenvalue weighted by Gasteiger charge is -2.16. The van der Waals surface area contributed by atoms with Crippen LogP contribution in [0.15, 0.2) is 94.1 Å². The molecule has 0 unspecified atom stereocenters. The molecule has 0 saturated heterocycles. The molecule has 0 atom stereocenters. The Balaban J connectivity index is 1.97. The van der Waals surface area contributed by atoms with Gasteiger partial charge in [-0.05, 0) is 35.0 Å². The van der Waals surface area contributed by atoms with Gasteiger partial charge in [0.25, 0.3) is 0 Å². The zero-order chi connectivity index (χ0) is 20.9. The van der Waals surface area contributed by atoms with E-state index >= 15 is 0 Å². The highest BCUT2D eigenvalue weighted by molar-refractivity contribution is 6.22. The van der Waals surface area contributed by atoms with Crippen molar-refractivity contribution < 1.29 is 9.15 Å². The smallest absolute Gasteiger partial charge is 0.346 e. The standard InChI is InChI=1S/C27H17NO3/c1-30-21-12-6-4-10-18(21)24-23-17-9-3-2-8-16(17)14-15-20(23)28-26-19-11-5-7-13-22(19)31-27(29)25(24)26/h2-15H,1H3. The Morgan fingerprint density at radius 1 is 0.774 bits per heavy atom. The molecule has 0 amide bonds. The van der Waals surface area contributed by atoms with E-state index in [-0.39, 0.29) is 0 Å². The van der Waals surface area contributed by atoms with Crippen molar-refractivity contribution in [1.29, 1.82) is 0 Å². The summed E-state index contributed by atoms with van der Waals surface area (Å²) in [5.74, 6) is 0.691. The van der Waals surface area contributed by atoms with Crippen LogP contribution in [0.2, 0.25) is 0 Å². The molecule has 0 spiro atoms. The molecule has 0 aliphatic carbocycles. The first-order chi connectivity index (χ1) is 15.3. The van der Waals surface area contributed by atoms with Gasteiger partial charge in [-0.1, -0.05) is 60.7 Å². The molecule has 6 rings (SSSR count). The molecule has 6 aromatic rings. The van der Waals surface area contributed by atoms with Crippen molar-refractivity contribution >= 4 is 43.5 Å². The molecule has 2 heterocycles. The zero-order valence-electron chi connectivity index (χ0n) is 16.8. The highest BCUT2D eigenvalue weighted by Crippen LogP contribution is 2.42. The summed E-state index contributed by atoms with van der Waals surface area (Å²) in [4.78, 5) is 18.3. The fourth-order valence-corrected chi connectivity index (χ4v) is 4.45. The van der Waals surface area contributed by atoms with Crippen LogP contribution in [0.5, 0.6) is 5.75 Å². The van der Waals surface area contributed by atoms with Gasteiger partial charge >= 0.3 is 5.63 Å². The molecule has 4 heteroatoms. The number of pyridine rings is 1. The van der Waals surface area contributed by atoms with Gasteiger partial charge in [-0.2, -0.15) is 0 Å². The maximum Gasteiger partial charge on any atom is 0.346 e. The highest BCUT2D eigenvalue weighted by atomic mass is 16.5. The summed E-state index contributed by atoms with van der Waals surface area (Å²) in [5, 5.41) is 4.30. The first-order valence-corrected chi connectivity index (χ1v) is 10.1. The molecule has 0 aliphatic rings. The molecule has 0 aliphatic heterocycles. The van der Waals surface area contributed by atoms with Crippen molar-refractivity contribution in [3.63, 3.8) is 0 Å². The van der Waals surface area contributed by atoms with Crippen molar-refractivity contribution in [2.75, 3.05) is 7.11 Å². The molecule has 4 aromatic carbocycles. The van der Waals surface area contributed by atoms with E-state index in [1.165, 1.54) is 0 Å². The second-order valence-corrected chi connectivity index (χ2v) is 7.48. The molecule has 31 heavy (non-hydrogen) atoms. The fraction of sp³-hybridized carbons (Fsp3) is 0.0370. The average Bonchev–Trinajstić information content (AvgIpc) is 2.82. The van der Waals surface area contributed by atoms with Crippen LogP contribution >= 0.6 is 0 Å². The number of hydrogen-bond acceptors (Lipinski definition) is 4. The van der Waals surface area contributed by atoms with E-state index in [9.17, 15) is 4.79 Å². The molecule has 0 radical (unpaired) electrons. The summed E-state index contributed by atoms with van der Waals surface area (Å²) in [6.07, 6.45) is 0. The Morgan fingerprint density at radius 2 is 1.52 bits per heavy atom. The van der Waals surface area contributed by atoms with E-state index < -0.39 is 5.63 Å². The predicted octanol–water partition coefficient (Wildman–Crippen LogP) is 6.32. The van der Waals surface area contributed by atoms with Gasteiger partial charge in [0.1, 0.15) is 11.3 Å². The quantitative estimate of drug-likeness (QED) is 0.193. The SMILES string of the molecule is COc1ccccc1-c1c2c(=O)oc3ccccc3c2nc2ccc3ccccc3c12. The van der Waals surface area contributed by atoms with Gasteiger partial charge < -0.3 is 9.15 Å². The molecular weight excluding hydrogens is 386 g/mol. The van der Waals surface area contributed by atoms with Gasteiger partial charge in [0, 0.05) is 21.9 Å². The van der Waals surface area contributed by atoms with Crippen LogP contribution in [-0.4, -0.2) is 12.1 Å². The lowest BCUT2D eigenvalue weighted by molar-refractivity contribution is 0.416. The third-order valence-corrected chi connectivity index (χ3v) is 5.80. The van der Waals surface area contributed by atoms with E-state index in [0.29, 0.717) is 22.2 Å². The summed E-state index contributed by atoms with van der Waals surface area (Å²) in [7, 11) is 1.64. The van der Waals surface area contributed by atoms with Crippen LogP contribution in [0.4, 0.5) is 0 Å². The van der Waals surface area contributed by atoms with Crippen molar-refractivity contribution in [1.82, 2.24) is 4.98 Å². The molecule has 4 nitrogen and oxygen atoms in total.